The number of unbranched alkanes of at least 4 members (excludes halogenated alkanes) is 20. The van der Waals surface area contributed by atoms with Crippen LogP contribution in [0.3, 0.4) is 0 Å². The highest BCUT2D eigenvalue weighted by atomic mass is 16.3. The highest BCUT2D eigenvalue weighted by Crippen LogP contribution is 2.16. The number of hydrogen-bond acceptors (Lipinski definition) is 4. The van der Waals surface area contributed by atoms with E-state index in [4.69, 9.17) is 0 Å². The standard InChI is InChI=1S/C44H80N2O4/c1-3-28-41(47)32-23-19-15-11-7-5-9-13-17-21-25-34-43(49)45-37-39-30-27-31-40(36-39)38-46-44(50)35-26-22-18-14-10-6-8-12-16-20-24-33-42(48)29-4-2/h27,30-31,36,41-42,47-48H,3-26,28-29,32-35,37-38H2,1-2H3,(H,45,49)(H,46,50). The number of aliphatic hydroxyl groups excluding tert-OH is 2. The van der Waals surface area contributed by atoms with Gasteiger partial charge in [-0.25, -0.2) is 0 Å². The molecule has 0 bridgehead atoms. The van der Waals surface area contributed by atoms with E-state index in [9.17, 15) is 19.8 Å². The van der Waals surface area contributed by atoms with Crippen molar-refractivity contribution in [3.63, 3.8) is 0 Å². The number of hydrogen-bond donors (Lipinski definition) is 4. The number of carbonyl (C=O) groups is 2. The molecule has 0 heterocycles. The van der Waals surface area contributed by atoms with Gasteiger partial charge in [-0.1, -0.05) is 179 Å². The van der Waals surface area contributed by atoms with E-state index in [1.54, 1.807) is 0 Å². The first-order valence-electron chi connectivity index (χ1n) is 21.4. The fourth-order valence-electron chi connectivity index (χ4n) is 6.90. The van der Waals surface area contributed by atoms with E-state index in [1.165, 1.54) is 103 Å². The van der Waals surface area contributed by atoms with Crippen molar-refractivity contribution >= 4 is 11.8 Å². The number of rotatable bonds is 36. The van der Waals surface area contributed by atoms with Crippen LogP contribution in [0.1, 0.15) is 218 Å². The maximum Gasteiger partial charge on any atom is 0.220 e. The number of aliphatic hydroxyl groups is 2. The lowest BCUT2D eigenvalue weighted by Gasteiger charge is -2.09. The third-order valence-electron chi connectivity index (χ3n) is 10.1. The van der Waals surface area contributed by atoms with Crippen molar-refractivity contribution in [2.45, 2.75) is 232 Å². The Balaban J connectivity index is 1.95. The second-order valence-corrected chi connectivity index (χ2v) is 15.1. The highest BCUT2D eigenvalue weighted by molar-refractivity contribution is 5.76. The average molecular weight is 701 g/mol. The van der Waals surface area contributed by atoms with Crippen molar-refractivity contribution in [3.05, 3.63) is 35.4 Å². The van der Waals surface area contributed by atoms with E-state index in [0.29, 0.717) is 25.9 Å². The molecule has 2 unspecified atom stereocenters. The van der Waals surface area contributed by atoms with Gasteiger partial charge in [0.2, 0.25) is 11.8 Å². The molecule has 0 aromatic heterocycles. The number of carbonyl (C=O) groups excluding carboxylic acids is 2. The molecule has 0 radical (unpaired) electrons. The van der Waals surface area contributed by atoms with E-state index in [2.05, 4.69) is 30.5 Å². The Morgan fingerprint density at radius 2 is 0.780 bits per heavy atom. The van der Waals surface area contributed by atoms with Gasteiger partial charge >= 0.3 is 0 Å². The van der Waals surface area contributed by atoms with Gasteiger partial charge in [0.15, 0.2) is 0 Å². The first-order valence-corrected chi connectivity index (χ1v) is 21.4. The molecule has 2 atom stereocenters. The zero-order valence-electron chi connectivity index (χ0n) is 32.8. The summed E-state index contributed by atoms with van der Waals surface area (Å²) in [5, 5.41) is 25.7. The molecule has 1 rings (SSSR count). The highest BCUT2D eigenvalue weighted by Gasteiger charge is 2.06. The Kier molecular flexibility index (Phi) is 31.5. The molecule has 0 saturated carbocycles. The van der Waals surface area contributed by atoms with Crippen molar-refractivity contribution in [3.8, 4) is 0 Å². The van der Waals surface area contributed by atoms with Crippen LogP contribution >= 0.6 is 0 Å². The lowest BCUT2D eigenvalue weighted by atomic mass is 10.0. The van der Waals surface area contributed by atoms with Crippen molar-refractivity contribution in [1.29, 1.82) is 0 Å². The molecule has 6 nitrogen and oxygen atoms in total. The van der Waals surface area contributed by atoms with Gasteiger partial charge in [-0.05, 0) is 49.7 Å². The first kappa shape index (κ1) is 46.1. The largest absolute Gasteiger partial charge is 0.393 e. The maximum atomic E-state index is 12.4. The molecule has 4 N–H and O–H groups in total. The van der Waals surface area contributed by atoms with Gasteiger partial charge in [0.25, 0.3) is 0 Å². The Morgan fingerprint density at radius 3 is 1.10 bits per heavy atom. The molecule has 50 heavy (non-hydrogen) atoms. The monoisotopic (exact) mass is 701 g/mol. The lowest BCUT2D eigenvalue weighted by molar-refractivity contribution is -0.122. The smallest absolute Gasteiger partial charge is 0.220 e. The first-order chi connectivity index (χ1) is 24.4. The summed E-state index contributed by atoms with van der Waals surface area (Å²) in [5.74, 6) is 0.244. The molecule has 0 fully saturated rings. The zero-order chi connectivity index (χ0) is 36.3. The second-order valence-electron chi connectivity index (χ2n) is 15.1. The molecular weight excluding hydrogens is 620 g/mol. The van der Waals surface area contributed by atoms with Gasteiger partial charge in [-0.15, -0.1) is 0 Å². The van der Waals surface area contributed by atoms with E-state index < -0.39 is 0 Å². The molecule has 6 heteroatoms. The summed E-state index contributed by atoms with van der Waals surface area (Å²) < 4.78 is 0. The SMILES string of the molecule is CCCC(O)CCCCCCCCCCCCCC(=O)NCc1cccc(CNC(=O)CCCCCCCCCCCCCC(O)CCC)c1. The average Bonchev–Trinajstić information content (AvgIpc) is 3.10. The maximum absolute atomic E-state index is 12.4. The minimum atomic E-state index is -0.0883. The summed E-state index contributed by atoms with van der Waals surface area (Å²) >= 11 is 0. The summed E-state index contributed by atoms with van der Waals surface area (Å²) in [4.78, 5) is 24.7. The molecule has 1 aromatic rings. The van der Waals surface area contributed by atoms with Crippen LogP contribution in [0.4, 0.5) is 0 Å². The van der Waals surface area contributed by atoms with Crippen molar-refractivity contribution in [1.82, 2.24) is 10.6 Å². The van der Waals surface area contributed by atoms with Crippen LogP contribution in [0.15, 0.2) is 24.3 Å². The molecule has 290 valence electrons. The van der Waals surface area contributed by atoms with Crippen LogP contribution in [0, 0.1) is 0 Å². The topological polar surface area (TPSA) is 98.7 Å². The van der Waals surface area contributed by atoms with Crippen molar-refractivity contribution in [2.24, 2.45) is 0 Å². The van der Waals surface area contributed by atoms with E-state index in [0.717, 1.165) is 88.2 Å². The minimum Gasteiger partial charge on any atom is -0.393 e. The van der Waals surface area contributed by atoms with E-state index >= 15 is 0 Å². The minimum absolute atomic E-state index is 0.0883. The third-order valence-corrected chi connectivity index (χ3v) is 10.1. The number of amides is 2. The van der Waals surface area contributed by atoms with Gasteiger partial charge in [0, 0.05) is 25.9 Å². The van der Waals surface area contributed by atoms with Crippen LogP contribution < -0.4 is 10.6 Å². The van der Waals surface area contributed by atoms with E-state index in [-0.39, 0.29) is 24.0 Å². The quantitative estimate of drug-likeness (QED) is 0.0524. The third kappa shape index (κ3) is 29.8. The second kappa shape index (κ2) is 34.2. The van der Waals surface area contributed by atoms with E-state index in [1.807, 2.05) is 18.2 Å². The van der Waals surface area contributed by atoms with Gasteiger partial charge in [0.05, 0.1) is 12.2 Å². The molecule has 0 aliphatic rings. The van der Waals surface area contributed by atoms with Gasteiger partial charge in [0.1, 0.15) is 0 Å². The fraction of sp³-hybridized carbons (Fsp3) is 0.818. The molecular formula is C44H80N2O4. The Labute approximate surface area is 308 Å². The van der Waals surface area contributed by atoms with Crippen LogP contribution in [0.25, 0.3) is 0 Å². The van der Waals surface area contributed by atoms with Crippen LogP contribution in [-0.4, -0.2) is 34.2 Å². The molecule has 0 spiro atoms. The molecule has 1 aromatic carbocycles. The molecule has 0 aliphatic carbocycles. The predicted octanol–water partition coefficient (Wildman–Crippen LogP) is 11.4. The summed E-state index contributed by atoms with van der Waals surface area (Å²) in [5.41, 5.74) is 2.14. The molecule has 2 amide bonds. The summed E-state index contributed by atoms with van der Waals surface area (Å²) in [7, 11) is 0. The Hall–Kier alpha value is -1.92. The summed E-state index contributed by atoms with van der Waals surface area (Å²) in [6.07, 6.45) is 34.0. The van der Waals surface area contributed by atoms with Gasteiger partial charge in [-0.2, -0.15) is 0 Å². The summed E-state index contributed by atoms with van der Waals surface area (Å²) in [6.45, 7) is 5.33. The van der Waals surface area contributed by atoms with Gasteiger partial charge in [-0.3, -0.25) is 9.59 Å². The van der Waals surface area contributed by atoms with Crippen LogP contribution in [-0.2, 0) is 22.7 Å². The van der Waals surface area contributed by atoms with Crippen molar-refractivity contribution in [2.75, 3.05) is 0 Å². The van der Waals surface area contributed by atoms with Gasteiger partial charge < -0.3 is 20.8 Å². The fourth-order valence-corrected chi connectivity index (χ4v) is 6.90. The van der Waals surface area contributed by atoms with Crippen LogP contribution in [0.5, 0.6) is 0 Å². The van der Waals surface area contributed by atoms with Crippen molar-refractivity contribution < 1.29 is 19.8 Å². The molecule has 0 aliphatic heterocycles. The predicted molar refractivity (Wildman–Crippen MR) is 212 cm³/mol. The Bertz CT molecular complexity index is 854. The number of benzene rings is 1. The normalized spacial score (nSPS) is 12.6. The number of nitrogens with one attached hydrogen (secondary N) is 2. The molecule has 0 saturated heterocycles. The zero-order valence-corrected chi connectivity index (χ0v) is 32.8. The summed E-state index contributed by atoms with van der Waals surface area (Å²) in [6, 6.07) is 8.15. The van der Waals surface area contributed by atoms with Crippen LogP contribution in [0.2, 0.25) is 0 Å². The Morgan fingerprint density at radius 1 is 0.480 bits per heavy atom. The lowest BCUT2D eigenvalue weighted by Crippen LogP contribution is -2.23.